The number of carbonyl (C=O) groups is 2. The zero-order chi connectivity index (χ0) is 15.3. The van der Waals surface area contributed by atoms with Crippen LogP contribution in [-0.4, -0.2) is 20.5 Å². The fourth-order valence-corrected chi connectivity index (χ4v) is 5.76. The molecule has 0 spiro atoms. The van der Waals surface area contributed by atoms with E-state index in [2.05, 4.69) is 13.2 Å². The van der Waals surface area contributed by atoms with Gasteiger partial charge in [-0.05, 0) is 6.42 Å². The van der Waals surface area contributed by atoms with Crippen LogP contribution >= 0.6 is 0 Å². The lowest BCUT2D eigenvalue weighted by atomic mass is 10.2. The Labute approximate surface area is 116 Å². The Balaban J connectivity index is 5.71. The standard InChI is InChI=1S/C14H24O4Si/c1-8-11(4)19(14(5,6)7,17-12(15)9-2)18-13(16)10-3/h9-11H,2-3,8H2,1,4-7H3. The summed E-state index contributed by atoms with van der Waals surface area (Å²) in [5, 5.41) is -0.445. The first kappa shape index (κ1) is 17.6. The molecule has 1 unspecified atom stereocenters. The summed E-state index contributed by atoms with van der Waals surface area (Å²) in [5.74, 6) is -1.11. The van der Waals surface area contributed by atoms with E-state index in [1.54, 1.807) is 0 Å². The van der Waals surface area contributed by atoms with Crippen molar-refractivity contribution >= 4 is 20.5 Å². The third kappa shape index (κ3) is 4.06. The van der Waals surface area contributed by atoms with Crippen molar-refractivity contribution in [3.63, 3.8) is 0 Å². The molecule has 0 amide bonds. The van der Waals surface area contributed by atoms with Crippen molar-refractivity contribution in [3.05, 3.63) is 25.3 Å². The van der Waals surface area contributed by atoms with Gasteiger partial charge in [0, 0.05) is 22.7 Å². The highest BCUT2D eigenvalue weighted by molar-refractivity contribution is 6.74. The van der Waals surface area contributed by atoms with Gasteiger partial charge in [0.1, 0.15) is 0 Å². The minimum Gasteiger partial charge on any atom is -0.481 e. The van der Waals surface area contributed by atoms with Gasteiger partial charge in [-0.2, -0.15) is 0 Å². The van der Waals surface area contributed by atoms with E-state index in [9.17, 15) is 9.59 Å². The van der Waals surface area contributed by atoms with E-state index in [-0.39, 0.29) is 5.54 Å². The molecule has 0 N–H and O–H groups in total. The van der Waals surface area contributed by atoms with Crippen LogP contribution < -0.4 is 0 Å². The zero-order valence-electron chi connectivity index (χ0n) is 12.5. The van der Waals surface area contributed by atoms with Crippen molar-refractivity contribution in [2.45, 2.75) is 51.6 Å². The Bertz CT molecular complexity index is 346. The summed E-state index contributed by atoms with van der Waals surface area (Å²) >= 11 is 0. The van der Waals surface area contributed by atoms with Crippen LogP contribution in [-0.2, 0) is 18.4 Å². The van der Waals surface area contributed by atoms with Gasteiger partial charge in [0.05, 0.1) is 0 Å². The maximum Gasteiger partial charge on any atom is 0.473 e. The average Bonchev–Trinajstić information content (AvgIpc) is 2.34. The molecule has 0 radical (unpaired) electrons. The molecule has 0 aliphatic heterocycles. The second kappa shape index (κ2) is 6.70. The fourth-order valence-electron chi connectivity index (χ4n) is 1.92. The van der Waals surface area contributed by atoms with Crippen molar-refractivity contribution in [1.29, 1.82) is 0 Å². The normalized spacial score (nSPS) is 13.3. The quantitative estimate of drug-likeness (QED) is 0.553. The van der Waals surface area contributed by atoms with E-state index >= 15 is 0 Å². The van der Waals surface area contributed by atoms with E-state index in [0.29, 0.717) is 0 Å². The Kier molecular flexibility index (Phi) is 6.22. The van der Waals surface area contributed by atoms with Gasteiger partial charge in [-0.3, -0.25) is 0 Å². The second-order valence-electron chi connectivity index (χ2n) is 5.48. The lowest BCUT2D eigenvalue weighted by Gasteiger charge is -2.42. The summed E-state index contributed by atoms with van der Waals surface area (Å²) in [4.78, 5) is 23.3. The van der Waals surface area contributed by atoms with Crippen molar-refractivity contribution < 1.29 is 18.4 Å². The number of rotatable bonds is 6. The third-order valence-electron chi connectivity index (χ3n) is 3.14. The van der Waals surface area contributed by atoms with E-state index in [1.807, 2.05) is 34.6 Å². The molecule has 4 nitrogen and oxygen atoms in total. The highest BCUT2D eigenvalue weighted by Gasteiger charge is 2.58. The highest BCUT2D eigenvalue weighted by atomic mass is 28.4. The maximum atomic E-state index is 11.6. The predicted molar refractivity (Wildman–Crippen MR) is 77.8 cm³/mol. The molecule has 0 saturated heterocycles. The van der Waals surface area contributed by atoms with Gasteiger partial charge in [0.2, 0.25) is 0 Å². The summed E-state index contributed by atoms with van der Waals surface area (Å²) < 4.78 is 11.1. The van der Waals surface area contributed by atoms with Crippen LogP contribution in [0.25, 0.3) is 0 Å². The molecule has 0 rings (SSSR count). The summed E-state index contributed by atoms with van der Waals surface area (Å²) in [7, 11) is -3.11. The molecule has 5 heteroatoms. The Morgan fingerprint density at radius 2 is 1.53 bits per heavy atom. The molecular formula is C14H24O4Si. The molecule has 19 heavy (non-hydrogen) atoms. The van der Waals surface area contributed by atoms with Crippen LogP contribution in [0.4, 0.5) is 0 Å². The largest absolute Gasteiger partial charge is 0.481 e. The van der Waals surface area contributed by atoms with Crippen LogP contribution in [0.3, 0.4) is 0 Å². The topological polar surface area (TPSA) is 52.6 Å². The summed E-state index contributed by atoms with van der Waals surface area (Å²) in [5.41, 5.74) is -0.0275. The third-order valence-corrected chi connectivity index (χ3v) is 7.95. The van der Waals surface area contributed by atoms with Crippen molar-refractivity contribution in [1.82, 2.24) is 0 Å². The molecule has 0 aliphatic carbocycles. The van der Waals surface area contributed by atoms with E-state index in [4.69, 9.17) is 8.85 Å². The molecule has 108 valence electrons. The second-order valence-corrected chi connectivity index (χ2v) is 9.71. The Morgan fingerprint density at radius 3 is 1.74 bits per heavy atom. The highest BCUT2D eigenvalue weighted by Crippen LogP contribution is 2.46. The number of carbonyl (C=O) groups excluding carboxylic acids is 2. The van der Waals surface area contributed by atoms with Crippen molar-refractivity contribution in [2.75, 3.05) is 0 Å². The van der Waals surface area contributed by atoms with E-state index in [0.717, 1.165) is 18.6 Å². The van der Waals surface area contributed by atoms with Gasteiger partial charge in [0.25, 0.3) is 0 Å². The van der Waals surface area contributed by atoms with Gasteiger partial charge in [-0.25, -0.2) is 9.59 Å². The van der Waals surface area contributed by atoms with Crippen LogP contribution in [0.2, 0.25) is 10.6 Å². The first-order valence-corrected chi connectivity index (χ1v) is 8.24. The predicted octanol–water partition coefficient (Wildman–Crippen LogP) is 3.49. The lowest BCUT2D eigenvalue weighted by molar-refractivity contribution is -0.137. The smallest absolute Gasteiger partial charge is 0.473 e. The molecule has 0 saturated carbocycles. The molecule has 0 aromatic rings. The molecule has 0 aromatic carbocycles. The van der Waals surface area contributed by atoms with Crippen LogP contribution in [0, 0.1) is 0 Å². The van der Waals surface area contributed by atoms with Gasteiger partial charge in [-0.1, -0.05) is 47.8 Å². The van der Waals surface area contributed by atoms with E-state index < -0.39 is 25.5 Å². The molecule has 0 fully saturated rings. The molecule has 0 aromatic heterocycles. The molecular weight excluding hydrogens is 260 g/mol. The first-order chi connectivity index (χ1) is 8.64. The zero-order valence-corrected chi connectivity index (χ0v) is 13.5. The molecule has 0 bridgehead atoms. The minimum absolute atomic E-state index is 0.0275. The lowest BCUT2D eigenvalue weighted by Crippen LogP contribution is -2.55. The number of hydrogen-bond acceptors (Lipinski definition) is 4. The van der Waals surface area contributed by atoms with Gasteiger partial charge in [-0.15, -0.1) is 0 Å². The molecule has 0 aliphatic rings. The van der Waals surface area contributed by atoms with Crippen LogP contribution in [0.1, 0.15) is 41.0 Å². The van der Waals surface area contributed by atoms with Crippen LogP contribution in [0.15, 0.2) is 25.3 Å². The minimum atomic E-state index is -3.11. The SMILES string of the molecule is C=CC(=O)O[Si](OC(=O)C=C)(C(C)CC)C(C)(C)C. The summed E-state index contributed by atoms with van der Waals surface area (Å²) in [6, 6.07) is 0. The van der Waals surface area contributed by atoms with Gasteiger partial charge in [0.15, 0.2) is 0 Å². The van der Waals surface area contributed by atoms with Crippen molar-refractivity contribution in [2.24, 2.45) is 0 Å². The summed E-state index contributed by atoms with van der Waals surface area (Å²) in [6.07, 6.45) is 2.94. The van der Waals surface area contributed by atoms with Crippen LogP contribution in [0.5, 0.6) is 0 Å². The van der Waals surface area contributed by atoms with Crippen molar-refractivity contribution in [3.8, 4) is 0 Å². The number of hydrogen-bond donors (Lipinski definition) is 0. The average molecular weight is 284 g/mol. The Morgan fingerprint density at radius 1 is 1.16 bits per heavy atom. The first-order valence-electron chi connectivity index (χ1n) is 6.35. The maximum absolute atomic E-state index is 11.6. The fraction of sp³-hybridized carbons (Fsp3) is 0.571. The Hall–Kier alpha value is -1.36. The monoisotopic (exact) mass is 284 g/mol. The van der Waals surface area contributed by atoms with E-state index in [1.165, 1.54) is 0 Å². The summed E-state index contributed by atoms with van der Waals surface area (Å²) in [6.45, 7) is 16.4. The molecule has 0 heterocycles. The van der Waals surface area contributed by atoms with Gasteiger partial charge < -0.3 is 8.85 Å². The molecule has 1 atom stereocenters. The van der Waals surface area contributed by atoms with Gasteiger partial charge >= 0.3 is 20.5 Å².